The average molecular weight is 349 g/mol. The molecule has 1 amide bonds. The van der Waals surface area contributed by atoms with Crippen LogP contribution in [0.5, 0.6) is 0 Å². The summed E-state index contributed by atoms with van der Waals surface area (Å²) >= 11 is 0. The highest BCUT2D eigenvalue weighted by Gasteiger charge is 2.27. The van der Waals surface area contributed by atoms with E-state index in [0.29, 0.717) is 17.9 Å². The minimum Gasteiger partial charge on any atom is -0.342 e. The molecule has 0 bridgehead atoms. The lowest BCUT2D eigenvalue weighted by atomic mass is 10.1. The normalized spacial score (nSPS) is 20.7. The van der Waals surface area contributed by atoms with Crippen molar-refractivity contribution in [1.82, 2.24) is 19.4 Å². The number of nitrogens with zero attached hydrogens (tertiary/aromatic N) is 5. The summed E-state index contributed by atoms with van der Waals surface area (Å²) in [7, 11) is 0. The summed E-state index contributed by atoms with van der Waals surface area (Å²) in [6.07, 6.45) is 5.56. The van der Waals surface area contributed by atoms with Crippen LogP contribution in [0, 0.1) is 17.2 Å². The Kier molecular flexibility index (Phi) is 4.72. The maximum atomic E-state index is 12.0. The lowest BCUT2D eigenvalue weighted by Gasteiger charge is -2.27. The molecule has 0 saturated carbocycles. The summed E-state index contributed by atoms with van der Waals surface area (Å²) in [5, 5.41) is 9.13. The molecule has 0 radical (unpaired) electrons. The van der Waals surface area contributed by atoms with E-state index in [9.17, 15) is 4.79 Å². The first-order chi connectivity index (χ1) is 12.7. The number of benzene rings is 1. The summed E-state index contributed by atoms with van der Waals surface area (Å²) in [5.74, 6) is 1.73. The quantitative estimate of drug-likeness (QED) is 0.847. The number of aromatic nitrogens is 2. The van der Waals surface area contributed by atoms with E-state index < -0.39 is 0 Å². The number of hydrogen-bond acceptors (Lipinski definition) is 4. The predicted molar refractivity (Wildman–Crippen MR) is 96.8 cm³/mol. The van der Waals surface area contributed by atoms with Gasteiger partial charge in [-0.05, 0) is 24.1 Å². The minimum atomic E-state index is 0.286. The van der Waals surface area contributed by atoms with E-state index >= 15 is 0 Å². The molecule has 2 aliphatic rings. The zero-order chi connectivity index (χ0) is 17.9. The molecule has 1 fully saturated rings. The number of hydrogen-bond donors (Lipinski definition) is 0. The van der Waals surface area contributed by atoms with Crippen LogP contribution in [0.15, 0.2) is 36.7 Å². The third-order valence-corrected chi connectivity index (χ3v) is 5.25. The standard InChI is InChI=1S/C20H23N5O/c21-10-16-3-1-4-17(9-16)11-23-12-18(14-25-7-2-5-20(25)26)13-24-8-6-22-19(24)15-23/h1,3-4,6,8-9,18H,2,5,7,11-15H2. The Balaban J connectivity index is 1.52. The molecule has 1 unspecified atom stereocenters. The fourth-order valence-electron chi connectivity index (χ4n) is 4.07. The van der Waals surface area contributed by atoms with Crippen LogP contribution in [0.25, 0.3) is 0 Å². The second kappa shape index (κ2) is 7.30. The number of amides is 1. The second-order valence-electron chi connectivity index (χ2n) is 7.29. The van der Waals surface area contributed by atoms with E-state index in [-0.39, 0.29) is 5.91 Å². The summed E-state index contributed by atoms with van der Waals surface area (Å²) in [6.45, 7) is 5.08. The molecule has 1 atom stereocenters. The largest absolute Gasteiger partial charge is 0.342 e. The highest BCUT2D eigenvalue weighted by molar-refractivity contribution is 5.78. The van der Waals surface area contributed by atoms with Gasteiger partial charge in [0.25, 0.3) is 0 Å². The summed E-state index contributed by atoms with van der Waals surface area (Å²) in [4.78, 5) is 20.9. The van der Waals surface area contributed by atoms with Gasteiger partial charge in [0.2, 0.25) is 5.91 Å². The van der Waals surface area contributed by atoms with Crippen LogP contribution in [-0.2, 0) is 24.4 Å². The van der Waals surface area contributed by atoms with E-state index in [1.165, 1.54) is 0 Å². The Labute approximate surface area is 153 Å². The number of likely N-dealkylation sites (tertiary alicyclic amines) is 1. The Morgan fingerprint density at radius 1 is 1.31 bits per heavy atom. The van der Waals surface area contributed by atoms with Crippen LogP contribution in [-0.4, -0.2) is 44.9 Å². The van der Waals surface area contributed by atoms with Crippen molar-refractivity contribution in [1.29, 1.82) is 5.26 Å². The van der Waals surface area contributed by atoms with Gasteiger partial charge in [0, 0.05) is 57.5 Å². The van der Waals surface area contributed by atoms with E-state index in [1.54, 1.807) is 0 Å². The van der Waals surface area contributed by atoms with Gasteiger partial charge in [-0.15, -0.1) is 0 Å². The molecule has 6 heteroatoms. The second-order valence-corrected chi connectivity index (χ2v) is 7.29. The van der Waals surface area contributed by atoms with Crippen molar-refractivity contribution in [3.05, 3.63) is 53.6 Å². The van der Waals surface area contributed by atoms with Crippen LogP contribution < -0.4 is 0 Å². The molecular weight excluding hydrogens is 326 g/mol. The summed E-state index contributed by atoms with van der Waals surface area (Å²) < 4.78 is 2.22. The molecule has 0 spiro atoms. The molecule has 0 aliphatic carbocycles. The number of nitriles is 1. The molecule has 134 valence electrons. The average Bonchev–Trinajstić information content (AvgIpc) is 3.20. The molecule has 3 heterocycles. The predicted octanol–water partition coefficient (Wildman–Crippen LogP) is 2.01. The van der Waals surface area contributed by atoms with Crippen LogP contribution in [0.3, 0.4) is 0 Å². The van der Waals surface area contributed by atoms with Crippen molar-refractivity contribution in [2.45, 2.75) is 32.5 Å². The van der Waals surface area contributed by atoms with Crippen molar-refractivity contribution in [3.63, 3.8) is 0 Å². The first-order valence-electron chi connectivity index (χ1n) is 9.20. The number of carbonyl (C=O) groups excluding carboxylic acids is 1. The third-order valence-electron chi connectivity index (χ3n) is 5.25. The SMILES string of the molecule is N#Cc1cccc(CN2Cc3nccn3CC(CN3CCCC3=O)C2)c1. The van der Waals surface area contributed by atoms with Crippen LogP contribution >= 0.6 is 0 Å². The zero-order valence-corrected chi connectivity index (χ0v) is 14.8. The fraction of sp³-hybridized carbons (Fsp3) is 0.450. The van der Waals surface area contributed by atoms with Gasteiger partial charge in [-0.1, -0.05) is 12.1 Å². The van der Waals surface area contributed by atoms with Crippen LogP contribution in [0.1, 0.15) is 29.8 Å². The van der Waals surface area contributed by atoms with Gasteiger partial charge in [0.1, 0.15) is 5.82 Å². The number of rotatable bonds is 4. The van der Waals surface area contributed by atoms with Crippen molar-refractivity contribution >= 4 is 5.91 Å². The van der Waals surface area contributed by atoms with Crippen molar-refractivity contribution in [2.24, 2.45) is 5.92 Å². The summed E-state index contributed by atoms with van der Waals surface area (Å²) in [5.41, 5.74) is 1.83. The molecule has 26 heavy (non-hydrogen) atoms. The molecule has 6 nitrogen and oxygen atoms in total. The molecule has 4 rings (SSSR count). The minimum absolute atomic E-state index is 0.286. The van der Waals surface area contributed by atoms with Crippen LogP contribution in [0.2, 0.25) is 0 Å². The topological polar surface area (TPSA) is 65.2 Å². The highest BCUT2D eigenvalue weighted by Crippen LogP contribution is 2.21. The Hall–Kier alpha value is -2.65. The van der Waals surface area contributed by atoms with Crippen molar-refractivity contribution in [2.75, 3.05) is 19.6 Å². The molecule has 1 aromatic heterocycles. The van der Waals surface area contributed by atoms with Crippen molar-refractivity contribution < 1.29 is 4.79 Å². The Bertz CT molecular complexity index is 837. The molecule has 1 aromatic carbocycles. The summed E-state index contributed by atoms with van der Waals surface area (Å²) in [6, 6.07) is 10.0. The van der Waals surface area contributed by atoms with Gasteiger partial charge >= 0.3 is 0 Å². The van der Waals surface area contributed by atoms with Crippen molar-refractivity contribution in [3.8, 4) is 6.07 Å². The first-order valence-corrected chi connectivity index (χ1v) is 9.20. The van der Waals surface area contributed by atoms with E-state index in [0.717, 1.165) is 57.1 Å². The van der Waals surface area contributed by atoms with Gasteiger partial charge in [-0.2, -0.15) is 5.26 Å². The van der Waals surface area contributed by atoms with E-state index in [4.69, 9.17) is 5.26 Å². The number of imidazole rings is 1. The molecule has 1 saturated heterocycles. The highest BCUT2D eigenvalue weighted by atomic mass is 16.2. The maximum Gasteiger partial charge on any atom is 0.222 e. The maximum absolute atomic E-state index is 12.0. The zero-order valence-electron chi connectivity index (χ0n) is 14.8. The van der Waals surface area contributed by atoms with Gasteiger partial charge in [-0.25, -0.2) is 4.98 Å². The molecule has 0 N–H and O–H groups in total. The Morgan fingerprint density at radius 3 is 3.04 bits per heavy atom. The molecule has 2 aromatic rings. The van der Waals surface area contributed by atoms with Gasteiger partial charge in [-0.3, -0.25) is 9.69 Å². The lowest BCUT2D eigenvalue weighted by Crippen LogP contribution is -2.37. The smallest absolute Gasteiger partial charge is 0.222 e. The van der Waals surface area contributed by atoms with Gasteiger partial charge in [0.05, 0.1) is 18.2 Å². The fourth-order valence-corrected chi connectivity index (χ4v) is 4.07. The van der Waals surface area contributed by atoms with E-state index in [1.807, 2.05) is 35.5 Å². The first kappa shape index (κ1) is 16.8. The third kappa shape index (κ3) is 3.63. The Morgan fingerprint density at radius 2 is 2.23 bits per heavy atom. The lowest BCUT2D eigenvalue weighted by molar-refractivity contribution is -0.128. The molecule has 2 aliphatic heterocycles. The number of fused-ring (bicyclic) bond motifs is 1. The molecular formula is C20H23N5O. The van der Waals surface area contributed by atoms with E-state index in [2.05, 4.69) is 26.6 Å². The number of carbonyl (C=O) groups is 1. The van der Waals surface area contributed by atoms with Gasteiger partial charge < -0.3 is 9.47 Å². The van der Waals surface area contributed by atoms with Crippen LogP contribution in [0.4, 0.5) is 0 Å². The monoisotopic (exact) mass is 349 g/mol. The van der Waals surface area contributed by atoms with Gasteiger partial charge in [0.15, 0.2) is 0 Å².